The Morgan fingerprint density at radius 3 is 2.47 bits per heavy atom. The van der Waals surface area contributed by atoms with Crippen LogP contribution in [0.1, 0.15) is 27.2 Å². The summed E-state index contributed by atoms with van der Waals surface area (Å²) in [5.41, 5.74) is 4.77. The normalized spacial score (nSPS) is 11.3. The van der Waals surface area contributed by atoms with Crippen LogP contribution in [0.4, 0.5) is 4.79 Å². The van der Waals surface area contributed by atoms with E-state index in [2.05, 4.69) is 5.32 Å². The van der Waals surface area contributed by atoms with Crippen LogP contribution in [0.3, 0.4) is 0 Å². The van der Waals surface area contributed by atoms with Gasteiger partial charge in [-0.25, -0.2) is 4.79 Å². The van der Waals surface area contributed by atoms with Crippen molar-refractivity contribution in [1.82, 2.24) is 5.32 Å². The average molecular weight is 248 g/mol. The summed E-state index contributed by atoms with van der Waals surface area (Å²) in [7, 11) is 0. The molecule has 0 aliphatic rings. The number of ether oxygens (including phenoxy) is 3. The van der Waals surface area contributed by atoms with Gasteiger partial charge in [0.1, 0.15) is 12.4 Å². The fraction of sp³-hybridized carbons (Fsp3) is 0.909. The Morgan fingerprint density at radius 1 is 1.24 bits per heavy atom. The van der Waals surface area contributed by atoms with Gasteiger partial charge in [0.15, 0.2) is 0 Å². The molecule has 0 radical (unpaired) electrons. The van der Waals surface area contributed by atoms with Crippen molar-refractivity contribution >= 4 is 6.09 Å². The molecule has 17 heavy (non-hydrogen) atoms. The zero-order valence-corrected chi connectivity index (χ0v) is 11.0. The lowest BCUT2D eigenvalue weighted by Crippen LogP contribution is -2.33. The molecule has 0 aliphatic carbocycles. The Balaban J connectivity index is 3.25. The van der Waals surface area contributed by atoms with Crippen molar-refractivity contribution in [1.29, 1.82) is 0 Å². The molecule has 0 saturated heterocycles. The first-order chi connectivity index (χ1) is 7.95. The molecule has 6 heteroatoms. The van der Waals surface area contributed by atoms with Crippen molar-refractivity contribution < 1.29 is 19.0 Å². The number of rotatable bonds is 8. The van der Waals surface area contributed by atoms with Crippen molar-refractivity contribution in [2.45, 2.75) is 32.8 Å². The summed E-state index contributed by atoms with van der Waals surface area (Å²) in [6.07, 6.45) is 0.308. The highest BCUT2D eigenvalue weighted by atomic mass is 16.7. The highest BCUT2D eigenvalue weighted by Crippen LogP contribution is 2.06. The molecule has 1 amide bonds. The number of carbonyl (C=O) groups is 1. The van der Waals surface area contributed by atoms with Crippen molar-refractivity contribution in [3.63, 3.8) is 0 Å². The first-order valence-electron chi connectivity index (χ1n) is 5.78. The van der Waals surface area contributed by atoms with E-state index in [0.717, 1.165) is 0 Å². The summed E-state index contributed by atoms with van der Waals surface area (Å²) < 4.78 is 15.2. The van der Waals surface area contributed by atoms with Crippen molar-refractivity contribution in [2.75, 3.05) is 33.1 Å². The molecular weight excluding hydrogens is 224 g/mol. The summed E-state index contributed by atoms with van der Waals surface area (Å²) in [6, 6.07) is 0. The van der Waals surface area contributed by atoms with E-state index in [9.17, 15) is 4.79 Å². The van der Waals surface area contributed by atoms with Crippen molar-refractivity contribution in [3.8, 4) is 0 Å². The van der Waals surface area contributed by atoms with Crippen LogP contribution < -0.4 is 11.1 Å². The minimum absolute atomic E-state index is 0.240. The van der Waals surface area contributed by atoms with Crippen LogP contribution >= 0.6 is 0 Å². The molecule has 0 atom stereocenters. The minimum atomic E-state index is -0.462. The number of nitrogens with two attached hydrogens (primary N) is 1. The van der Waals surface area contributed by atoms with Gasteiger partial charge in [0, 0.05) is 13.1 Å². The molecule has 0 fully saturated rings. The van der Waals surface area contributed by atoms with Crippen LogP contribution in [0.15, 0.2) is 0 Å². The number of alkyl carbamates (subject to hydrolysis) is 1. The van der Waals surface area contributed by atoms with Crippen LogP contribution in [0, 0.1) is 0 Å². The maximum atomic E-state index is 11.2. The second kappa shape index (κ2) is 9.21. The molecule has 0 spiro atoms. The fourth-order valence-corrected chi connectivity index (χ4v) is 0.939. The molecule has 0 aromatic heterocycles. The Bertz CT molecular complexity index is 204. The molecule has 0 aliphatic heterocycles. The average Bonchev–Trinajstić information content (AvgIpc) is 2.19. The van der Waals surface area contributed by atoms with E-state index in [-0.39, 0.29) is 6.79 Å². The van der Waals surface area contributed by atoms with E-state index in [4.69, 9.17) is 19.9 Å². The number of nitrogens with one attached hydrogen (secondary N) is 1. The lowest BCUT2D eigenvalue weighted by Gasteiger charge is -2.19. The minimum Gasteiger partial charge on any atom is -0.444 e. The van der Waals surface area contributed by atoms with E-state index in [1.807, 2.05) is 20.8 Å². The molecule has 0 rings (SSSR count). The Labute approximate surface area is 103 Å². The van der Waals surface area contributed by atoms with Gasteiger partial charge in [-0.1, -0.05) is 0 Å². The molecule has 0 bridgehead atoms. The van der Waals surface area contributed by atoms with Gasteiger partial charge in [0.2, 0.25) is 0 Å². The van der Waals surface area contributed by atoms with E-state index in [1.165, 1.54) is 0 Å². The highest BCUT2D eigenvalue weighted by molar-refractivity contribution is 5.67. The topological polar surface area (TPSA) is 82.8 Å². The standard InChI is InChI=1S/C11H24N2O4/c1-11(2,3)17-10(14)13-6-4-7-15-9-16-8-5-12/h4-9,12H2,1-3H3,(H,13,14). The van der Waals surface area contributed by atoms with E-state index in [1.54, 1.807) is 0 Å². The number of hydrogen-bond donors (Lipinski definition) is 2. The van der Waals surface area contributed by atoms with Crippen LogP contribution in [-0.2, 0) is 14.2 Å². The van der Waals surface area contributed by atoms with E-state index in [0.29, 0.717) is 32.7 Å². The zero-order chi connectivity index (χ0) is 13.1. The zero-order valence-electron chi connectivity index (χ0n) is 11.0. The van der Waals surface area contributed by atoms with Gasteiger partial charge in [-0.15, -0.1) is 0 Å². The molecule has 3 N–H and O–H groups in total. The molecule has 0 unspecified atom stereocenters. The van der Waals surface area contributed by atoms with Gasteiger partial charge < -0.3 is 25.3 Å². The SMILES string of the molecule is CC(C)(C)OC(=O)NCCCOCOCCN. The third-order valence-electron chi connectivity index (χ3n) is 1.56. The number of hydrogen-bond acceptors (Lipinski definition) is 5. The molecule has 102 valence electrons. The number of amides is 1. The summed E-state index contributed by atoms with van der Waals surface area (Å²) in [4.78, 5) is 11.2. The highest BCUT2D eigenvalue weighted by Gasteiger charge is 2.15. The first-order valence-corrected chi connectivity index (χ1v) is 5.78. The van der Waals surface area contributed by atoms with Crippen molar-refractivity contribution in [2.24, 2.45) is 5.73 Å². The predicted octanol–water partition coefficient (Wildman–Crippen LogP) is 0.851. The monoisotopic (exact) mass is 248 g/mol. The van der Waals surface area contributed by atoms with E-state index >= 15 is 0 Å². The maximum absolute atomic E-state index is 11.2. The molecule has 6 nitrogen and oxygen atoms in total. The van der Waals surface area contributed by atoms with Gasteiger partial charge in [0.05, 0.1) is 13.2 Å². The van der Waals surface area contributed by atoms with Gasteiger partial charge in [-0.2, -0.15) is 0 Å². The molecule has 0 heterocycles. The van der Waals surface area contributed by atoms with Crippen LogP contribution in [0.5, 0.6) is 0 Å². The fourth-order valence-electron chi connectivity index (χ4n) is 0.939. The predicted molar refractivity (Wildman–Crippen MR) is 64.7 cm³/mol. The van der Waals surface area contributed by atoms with Gasteiger partial charge >= 0.3 is 6.09 Å². The lowest BCUT2D eigenvalue weighted by molar-refractivity contribution is -0.0514. The Morgan fingerprint density at radius 2 is 1.88 bits per heavy atom. The lowest BCUT2D eigenvalue weighted by atomic mass is 10.2. The summed E-state index contributed by atoms with van der Waals surface area (Å²) in [5.74, 6) is 0. The Kier molecular flexibility index (Phi) is 8.75. The quantitative estimate of drug-likeness (QED) is 0.491. The third kappa shape index (κ3) is 13.1. The number of carbonyl (C=O) groups excluding carboxylic acids is 1. The van der Waals surface area contributed by atoms with Crippen LogP contribution in [-0.4, -0.2) is 44.8 Å². The molecular formula is C11H24N2O4. The summed E-state index contributed by atoms with van der Waals surface area (Å²) in [6.45, 7) is 7.74. The largest absolute Gasteiger partial charge is 0.444 e. The smallest absolute Gasteiger partial charge is 0.407 e. The van der Waals surface area contributed by atoms with Crippen molar-refractivity contribution in [3.05, 3.63) is 0 Å². The van der Waals surface area contributed by atoms with E-state index < -0.39 is 11.7 Å². The molecule has 0 saturated carbocycles. The van der Waals surface area contributed by atoms with Gasteiger partial charge in [-0.05, 0) is 27.2 Å². The second-order valence-electron chi connectivity index (χ2n) is 4.51. The first kappa shape index (κ1) is 16.1. The van der Waals surface area contributed by atoms with Gasteiger partial charge in [-0.3, -0.25) is 0 Å². The maximum Gasteiger partial charge on any atom is 0.407 e. The molecule has 0 aromatic rings. The summed E-state index contributed by atoms with van der Waals surface area (Å²) >= 11 is 0. The summed E-state index contributed by atoms with van der Waals surface area (Å²) in [5, 5.41) is 2.64. The van der Waals surface area contributed by atoms with Crippen LogP contribution in [0.25, 0.3) is 0 Å². The van der Waals surface area contributed by atoms with Gasteiger partial charge in [0.25, 0.3) is 0 Å². The third-order valence-corrected chi connectivity index (χ3v) is 1.56. The van der Waals surface area contributed by atoms with Crippen LogP contribution in [0.2, 0.25) is 0 Å². The second-order valence-corrected chi connectivity index (χ2v) is 4.51. The Hall–Kier alpha value is -0.850. The molecule has 0 aromatic carbocycles.